The third-order valence-corrected chi connectivity index (χ3v) is 4.15. The van der Waals surface area contributed by atoms with E-state index in [9.17, 15) is 9.59 Å². The Morgan fingerprint density at radius 1 is 1.24 bits per heavy atom. The first-order chi connectivity index (χ1) is 10.2. The number of rotatable bonds is 5. The molecule has 0 saturated carbocycles. The molecule has 0 atom stereocenters. The first kappa shape index (κ1) is 15.3. The van der Waals surface area contributed by atoms with Crippen LogP contribution < -0.4 is 10.6 Å². The summed E-state index contributed by atoms with van der Waals surface area (Å²) >= 11 is 2.39. The Bertz CT molecular complexity index is 618. The number of hydrogen-bond acceptors (Lipinski definition) is 7. The molecule has 2 rings (SSSR count). The molecule has 2 N–H and O–H groups in total. The molecule has 0 fully saturated rings. The molecule has 0 spiro atoms. The van der Waals surface area contributed by atoms with Crippen LogP contribution in [0.2, 0.25) is 0 Å². The van der Waals surface area contributed by atoms with E-state index in [0.717, 1.165) is 0 Å². The Balaban J connectivity index is 1.84. The molecule has 9 heteroatoms. The van der Waals surface area contributed by atoms with Crippen LogP contribution >= 0.6 is 23.1 Å². The van der Waals surface area contributed by atoms with Crippen LogP contribution in [0, 0.1) is 0 Å². The summed E-state index contributed by atoms with van der Waals surface area (Å²) in [4.78, 5) is 22.7. The van der Waals surface area contributed by atoms with Gasteiger partial charge in [-0.1, -0.05) is 41.3 Å². The summed E-state index contributed by atoms with van der Waals surface area (Å²) in [5.74, 6) is -0.187. The van der Waals surface area contributed by atoms with Gasteiger partial charge in [0.25, 0.3) is 0 Å². The van der Waals surface area contributed by atoms with Gasteiger partial charge in [-0.2, -0.15) is 0 Å². The third kappa shape index (κ3) is 5.04. The van der Waals surface area contributed by atoms with Crippen molar-refractivity contribution in [2.24, 2.45) is 0 Å². The van der Waals surface area contributed by atoms with E-state index in [2.05, 4.69) is 25.6 Å². The third-order valence-electron chi connectivity index (χ3n) is 2.20. The molecule has 1 aromatic carbocycles. The Hall–Kier alpha value is -2.13. The lowest BCUT2D eigenvalue weighted by Gasteiger charge is -2.03. The number of aromatic nitrogens is 2. The zero-order valence-electron chi connectivity index (χ0n) is 11.0. The normalized spacial score (nSPS) is 9.95. The zero-order chi connectivity index (χ0) is 15.1. The second-order valence-corrected chi connectivity index (χ2v) is 5.88. The molecule has 1 heterocycles. The Labute approximate surface area is 129 Å². The minimum atomic E-state index is -0.401. The molecule has 0 aliphatic heterocycles. The fourth-order valence-electron chi connectivity index (χ4n) is 1.28. The fraction of sp³-hybridized carbons (Fsp3) is 0.167. The fourth-order valence-corrected chi connectivity index (χ4v) is 2.86. The van der Waals surface area contributed by atoms with E-state index in [0.29, 0.717) is 15.2 Å². The maximum atomic E-state index is 11.7. The summed E-state index contributed by atoms with van der Waals surface area (Å²) in [5, 5.41) is 13.3. The number of para-hydroxylation sites is 1. The molecule has 7 nitrogen and oxygen atoms in total. The predicted molar refractivity (Wildman–Crippen MR) is 81.7 cm³/mol. The van der Waals surface area contributed by atoms with Crippen molar-refractivity contribution in [2.75, 3.05) is 23.5 Å². The van der Waals surface area contributed by atoms with Crippen molar-refractivity contribution in [2.45, 2.75) is 4.34 Å². The molecule has 0 aliphatic carbocycles. The highest BCUT2D eigenvalue weighted by atomic mass is 32.2. The number of urea groups is 1. The van der Waals surface area contributed by atoms with Crippen molar-refractivity contribution in [1.82, 2.24) is 10.2 Å². The van der Waals surface area contributed by atoms with Gasteiger partial charge in [-0.15, -0.1) is 10.2 Å². The number of ether oxygens (including phenoxy) is 1. The van der Waals surface area contributed by atoms with Crippen molar-refractivity contribution in [3.05, 3.63) is 30.3 Å². The molecule has 2 amide bonds. The summed E-state index contributed by atoms with van der Waals surface area (Å²) in [6.45, 7) is 0. The van der Waals surface area contributed by atoms with Crippen molar-refractivity contribution in [1.29, 1.82) is 0 Å². The Kier molecular flexibility index (Phi) is 5.52. The minimum absolute atomic E-state index is 0.154. The van der Waals surface area contributed by atoms with Crippen LogP contribution in [0.1, 0.15) is 0 Å². The number of thioether (sulfide) groups is 1. The van der Waals surface area contributed by atoms with Crippen LogP contribution in [0.5, 0.6) is 0 Å². The molecule has 2 aromatic rings. The van der Waals surface area contributed by atoms with Crippen LogP contribution in [0.3, 0.4) is 0 Å². The highest BCUT2D eigenvalue weighted by Crippen LogP contribution is 2.25. The topological polar surface area (TPSA) is 93.2 Å². The maximum Gasteiger partial charge on any atom is 0.325 e. The lowest BCUT2D eigenvalue weighted by Crippen LogP contribution is -2.19. The van der Waals surface area contributed by atoms with Gasteiger partial charge in [0.05, 0.1) is 12.9 Å². The van der Waals surface area contributed by atoms with Crippen molar-refractivity contribution < 1.29 is 14.3 Å². The largest absolute Gasteiger partial charge is 0.468 e. The lowest BCUT2D eigenvalue weighted by atomic mass is 10.3. The molecular formula is C12H12N4O3S2. The van der Waals surface area contributed by atoms with Crippen LogP contribution in [-0.2, 0) is 9.53 Å². The van der Waals surface area contributed by atoms with E-state index >= 15 is 0 Å². The number of carbonyl (C=O) groups excluding carboxylic acids is 2. The van der Waals surface area contributed by atoms with Crippen LogP contribution in [0.25, 0.3) is 0 Å². The van der Waals surface area contributed by atoms with Gasteiger partial charge >= 0.3 is 12.0 Å². The van der Waals surface area contributed by atoms with Crippen molar-refractivity contribution in [3.8, 4) is 0 Å². The Morgan fingerprint density at radius 3 is 2.71 bits per heavy atom. The van der Waals surface area contributed by atoms with Gasteiger partial charge in [-0.3, -0.25) is 10.1 Å². The number of amides is 2. The average molecular weight is 324 g/mol. The van der Waals surface area contributed by atoms with Crippen LogP contribution in [0.15, 0.2) is 34.7 Å². The maximum absolute atomic E-state index is 11.7. The summed E-state index contributed by atoms with van der Waals surface area (Å²) < 4.78 is 5.11. The average Bonchev–Trinajstić information content (AvgIpc) is 2.93. The molecule has 110 valence electrons. The molecule has 0 saturated heterocycles. The zero-order valence-corrected chi connectivity index (χ0v) is 12.7. The van der Waals surface area contributed by atoms with Gasteiger partial charge in [-0.25, -0.2) is 4.79 Å². The summed E-state index contributed by atoms with van der Waals surface area (Å²) in [6, 6.07) is 8.65. The van der Waals surface area contributed by atoms with Gasteiger partial charge in [0.15, 0.2) is 4.34 Å². The van der Waals surface area contributed by atoms with Gasteiger partial charge in [0, 0.05) is 5.69 Å². The molecule has 0 unspecified atom stereocenters. The summed E-state index contributed by atoms with van der Waals surface area (Å²) in [6.07, 6.45) is 0. The van der Waals surface area contributed by atoms with Gasteiger partial charge < -0.3 is 10.1 Å². The molecule has 0 bridgehead atoms. The lowest BCUT2D eigenvalue weighted by molar-refractivity contribution is -0.137. The quantitative estimate of drug-likeness (QED) is 0.498. The van der Waals surface area contributed by atoms with Gasteiger partial charge in [-0.05, 0) is 12.1 Å². The smallest absolute Gasteiger partial charge is 0.325 e. The molecular weight excluding hydrogens is 312 g/mol. The van der Waals surface area contributed by atoms with Crippen LogP contribution in [-0.4, -0.2) is 35.1 Å². The standard InChI is InChI=1S/C12H12N4O3S2/c1-19-9(17)7-20-12-16-15-11(21-12)14-10(18)13-8-5-3-2-4-6-8/h2-6H,7H2,1H3,(H2,13,14,15,18). The van der Waals surface area contributed by atoms with E-state index in [1.807, 2.05) is 18.2 Å². The van der Waals surface area contributed by atoms with E-state index in [1.54, 1.807) is 12.1 Å². The molecule has 0 radical (unpaired) electrons. The second-order valence-electron chi connectivity index (χ2n) is 3.68. The monoisotopic (exact) mass is 324 g/mol. The van der Waals surface area contributed by atoms with E-state index in [1.165, 1.54) is 30.2 Å². The first-order valence-electron chi connectivity index (χ1n) is 5.83. The van der Waals surface area contributed by atoms with Gasteiger partial charge in [0.1, 0.15) is 0 Å². The van der Waals surface area contributed by atoms with E-state index < -0.39 is 6.03 Å². The van der Waals surface area contributed by atoms with E-state index in [4.69, 9.17) is 0 Å². The number of methoxy groups -OCH3 is 1. The number of carbonyl (C=O) groups is 2. The van der Waals surface area contributed by atoms with Gasteiger partial charge in [0.2, 0.25) is 5.13 Å². The number of benzene rings is 1. The number of hydrogen-bond donors (Lipinski definition) is 2. The predicted octanol–water partition coefficient (Wildman–Crippen LogP) is 2.45. The molecule has 21 heavy (non-hydrogen) atoms. The van der Waals surface area contributed by atoms with Crippen LogP contribution in [0.4, 0.5) is 15.6 Å². The number of nitrogens with one attached hydrogen (secondary N) is 2. The number of esters is 1. The Morgan fingerprint density at radius 2 is 2.00 bits per heavy atom. The number of nitrogens with zero attached hydrogens (tertiary/aromatic N) is 2. The molecule has 1 aromatic heterocycles. The highest BCUT2D eigenvalue weighted by Gasteiger charge is 2.10. The molecule has 0 aliphatic rings. The second kappa shape index (κ2) is 7.60. The van der Waals surface area contributed by atoms with E-state index in [-0.39, 0.29) is 11.7 Å². The minimum Gasteiger partial charge on any atom is -0.468 e. The first-order valence-corrected chi connectivity index (χ1v) is 7.64. The number of anilines is 2. The van der Waals surface area contributed by atoms with Crippen molar-refractivity contribution >= 4 is 45.9 Å². The summed E-state index contributed by atoms with van der Waals surface area (Å²) in [7, 11) is 1.32. The highest BCUT2D eigenvalue weighted by molar-refractivity contribution is 8.01. The van der Waals surface area contributed by atoms with Crippen molar-refractivity contribution in [3.63, 3.8) is 0 Å². The SMILES string of the molecule is COC(=O)CSc1nnc(NC(=O)Nc2ccccc2)s1. The summed E-state index contributed by atoms with van der Waals surface area (Å²) in [5.41, 5.74) is 0.680.